The maximum absolute atomic E-state index is 4.59. The Labute approximate surface area is 159 Å². The number of guanidine groups is 1. The van der Waals surface area contributed by atoms with Crippen molar-refractivity contribution in [2.75, 3.05) is 13.1 Å². The second kappa shape index (κ2) is 11.4. The van der Waals surface area contributed by atoms with Crippen LogP contribution in [0, 0.1) is 5.92 Å². The molecule has 0 aliphatic carbocycles. The zero-order valence-corrected chi connectivity index (χ0v) is 16.8. The van der Waals surface area contributed by atoms with Crippen molar-refractivity contribution in [1.29, 1.82) is 0 Å². The third-order valence-corrected chi connectivity index (χ3v) is 4.12. The van der Waals surface area contributed by atoms with E-state index < -0.39 is 0 Å². The number of hydrogen-bond acceptors (Lipinski definition) is 3. The van der Waals surface area contributed by atoms with Crippen molar-refractivity contribution >= 4 is 41.3 Å². The van der Waals surface area contributed by atoms with Gasteiger partial charge in [-0.05, 0) is 42.8 Å². The van der Waals surface area contributed by atoms with Crippen molar-refractivity contribution < 1.29 is 0 Å². The summed E-state index contributed by atoms with van der Waals surface area (Å²) in [5.41, 5.74) is 0.978. The van der Waals surface area contributed by atoms with Crippen molar-refractivity contribution in [3.8, 4) is 0 Å². The van der Waals surface area contributed by atoms with Gasteiger partial charge in [0.1, 0.15) is 0 Å². The van der Waals surface area contributed by atoms with E-state index in [-0.39, 0.29) is 24.0 Å². The van der Waals surface area contributed by atoms with Gasteiger partial charge in [0.05, 0.1) is 12.2 Å². The van der Waals surface area contributed by atoms with E-state index in [2.05, 4.69) is 52.0 Å². The van der Waals surface area contributed by atoms with Crippen LogP contribution in [-0.2, 0) is 13.0 Å². The van der Waals surface area contributed by atoms with Crippen molar-refractivity contribution in [1.82, 2.24) is 15.6 Å². The Balaban J connectivity index is 0.00000264. The molecule has 2 N–H and O–H groups in total. The minimum atomic E-state index is 0. The SMILES string of the molecule is CCNC(=NCc1ccccn1)NCC(C)Cc1cccs1.I. The molecular weight excluding hydrogens is 419 g/mol. The van der Waals surface area contributed by atoms with Gasteiger partial charge in [0, 0.05) is 24.2 Å². The lowest BCUT2D eigenvalue weighted by atomic mass is 10.1. The normalized spacial score (nSPS) is 12.3. The molecule has 2 rings (SSSR count). The molecule has 1 unspecified atom stereocenters. The van der Waals surface area contributed by atoms with Gasteiger partial charge in [-0.2, -0.15) is 0 Å². The zero-order chi connectivity index (χ0) is 15.6. The van der Waals surface area contributed by atoms with E-state index in [1.165, 1.54) is 4.88 Å². The second-order valence-electron chi connectivity index (χ2n) is 5.29. The van der Waals surface area contributed by atoms with Crippen LogP contribution in [0.15, 0.2) is 46.9 Å². The first-order valence-electron chi connectivity index (χ1n) is 7.72. The number of pyridine rings is 1. The maximum atomic E-state index is 4.59. The number of rotatable bonds is 7. The summed E-state index contributed by atoms with van der Waals surface area (Å²) in [5, 5.41) is 8.83. The van der Waals surface area contributed by atoms with E-state index >= 15 is 0 Å². The Morgan fingerprint density at radius 2 is 2.13 bits per heavy atom. The number of nitrogens with one attached hydrogen (secondary N) is 2. The second-order valence-corrected chi connectivity index (χ2v) is 6.32. The molecule has 0 spiro atoms. The molecule has 0 amide bonds. The zero-order valence-electron chi connectivity index (χ0n) is 13.7. The standard InChI is InChI=1S/C17H24N4S.HI/c1-3-18-17(21-13-15-7-4-5-9-19-15)20-12-14(2)11-16-8-6-10-22-16;/h4-10,14H,3,11-13H2,1-2H3,(H2,18,20,21);1H. The molecule has 1 atom stereocenters. The quantitative estimate of drug-likeness (QED) is 0.389. The fourth-order valence-electron chi connectivity index (χ4n) is 2.11. The van der Waals surface area contributed by atoms with E-state index in [0.29, 0.717) is 12.5 Å². The van der Waals surface area contributed by atoms with Crippen LogP contribution in [0.25, 0.3) is 0 Å². The van der Waals surface area contributed by atoms with Crippen molar-refractivity contribution in [3.63, 3.8) is 0 Å². The van der Waals surface area contributed by atoms with Gasteiger partial charge in [-0.1, -0.05) is 19.1 Å². The molecule has 2 aromatic rings. The van der Waals surface area contributed by atoms with Crippen LogP contribution < -0.4 is 10.6 Å². The van der Waals surface area contributed by atoms with Gasteiger partial charge in [-0.25, -0.2) is 4.99 Å². The highest BCUT2D eigenvalue weighted by Crippen LogP contribution is 2.13. The highest BCUT2D eigenvalue weighted by molar-refractivity contribution is 14.0. The predicted octanol–water partition coefficient (Wildman–Crippen LogP) is 3.70. The molecule has 0 radical (unpaired) electrons. The number of halogens is 1. The summed E-state index contributed by atoms with van der Waals surface area (Å²) in [4.78, 5) is 10.3. The van der Waals surface area contributed by atoms with Gasteiger partial charge in [0.2, 0.25) is 0 Å². The number of nitrogens with zero attached hydrogens (tertiary/aromatic N) is 2. The lowest BCUT2D eigenvalue weighted by Crippen LogP contribution is -2.39. The highest BCUT2D eigenvalue weighted by atomic mass is 127. The van der Waals surface area contributed by atoms with E-state index in [1.807, 2.05) is 29.5 Å². The molecule has 6 heteroatoms. The molecule has 0 aromatic carbocycles. The Hall–Kier alpha value is -1.15. The molecule has 0 aliphatic heterocycles. The first-order chi connectivity index (χ1) is 10.8. The first-order valence-corrected chi connectivity index (χ1v) is 8.60. The Morgan fingerprint density at radius 3 is 2.78 bits per heavy atom. The van der Waals surface area contributed by atoms with Crippen molar-refractivity contribution in [3.05, 3.63) is 52.5 Å². The molecule has 0 fully saturated rings. The van der Waals surface area contributed by atoms with Gasteiger partial charge in [-0.15, -0.1) is 35.3 Å². The molecule has 2 heterocycles. The molecule has 2 aromatic heterocycles. The summed E-state index contributed by atoms with van der Waals surface area (Å²) in [6.45, 7) is 6.69. The van der Waals surface area contributed by atoms with Gasteiger partial charge < -0.3 is 10.6 Å². The summed E-state index contributed by atoms with van der Waals surface area (Å²) in [6.07, 6.45) is 2.90. The van der Waals surface area contributed by atoms with Gasteiger partial charge >= 0.3 is 0 Å². The lowest BCUT2D eigenvalue weighted by Gasteiger charge is -2.15. The van der Waals surface area contributed by atoms with Crippen LogP contribution in [0.4, 0.5) is 0 Å². The van der Waals surface area contributed by atoms with E-state index in [1.54, 1.807) is 6.20 Å². The number of hydrogen-bond donors (Lipinski definition) is 2. The van der Waals surface area contributed by atoms with Crippen molar-refractivity contribution in [2.45, 2.75) is 26.8 Å². The average Bonchev–Trinajstić information content (AvgIpc) is 3.04. The third-order valence-electron chi connectivity index (χ3n) is 3.22. The number of aromatic nitrogens is 1. The molecule has 23 heavy (non-hydrogen) atoms. The topological polar surface area (TPSA) is 49.3 Å². The molecular formula is C17H25IN4S. The monoisotopic (exact) mass is 444 g/mol. The van der Waals surface area contributed by atoms with E-state index in [4.69, 9.17) is 0 Å². The minimum Gasteiger partial charge on any atom is -0.357 e. The summed E-state index contributed by atoms with van der Waals surface area (Å²) in [5.74, 6) is 1.42. The van der Waals surface area contributed by atoms with Crippen molar-refractivity contribution in [2.24, 2.45) is 10.9 Å². The first kappa shape index (κ1) is 19.9. The maximum Gasteiger partial charge on any atom is 0.191 e. The highest BCUT2D eigenvalue weighted by Gasteiger charge is 2.06. The van der Waals surface area contributed by atoms with Gasteiger partial charge in [-0.3, -0.25) is 4.98 Å². The lowest BCUT2D eigenvalue weighted by molar-refractivity contribution is 0.562. The molecule has 0 bridgehead atoms. The summed E-state index contributed by atoms with van der Waals surface area (Å²) < 4.78 is 0. The molecule has 4 nitrogen and oxygen atoms in total. The fraction of sp³-hybridized carbons (Fsp3) is 0.412. The number of aliphatic imine (C=N–C) groups is 1. The van der Waals surface area contributed by atoms with Gasteiger partial charge in [0.15, 0.2) is 5.96 Å². The van der Waals surface area contributed by atoms with Gasteiger partial charge in [0.25, 0.3) is 0 Å². The number of thiophene rings is 1. The minimum absolute atomic E-state index is 0. The smallest absolute Gasteiger partial charge is 0.191 e. The molecule has 0 saturated heterocycles. The van der Waals surface area contributed by atoms with Crippen LogP contribution >= 0.6 is 35.3 Å². The van der Waals surface area contributed by atoms with Crippen LogP contribution in [-0.4, -0.2) is 24.0 Å². The van der Waals surface area contributed by atoms with E-state index in [9.17, 15) is 0 Å². The van der Waals surface area contributed by atoms with E-state index in [0.717, 1.165) is 31.2 Å². The predicted molar refractivity (Wildman–Crippen MR) is 110 cm³/mol. The van der Waals surface area contributed by atoms with Crippen LogP contribution in [0.1, 0.15) is 24.4 Å². The Kier molecular flexibility index (Phi) is 9.86. The Morgan fingerprint density at radius 1 is 1.26 bits per heavy atom. The molecule has 0 aliphatic rings. The Bertz CT molecular complexity index is 557. The largest absolute Gasteiger partial charge is 0.357 e. The summed E-state index contributed by atoms with van der Waals surface area (Å²) in [6, 6.07) is 10.2. The summed E-state index contributed by atoms with van der Waals surface area (Å²) >= 11 is 1.82. The van der Waals surface area contributed by atoms with Crippen LogP contribution in [0.3, 0.4) is 0 Å². The van der Waals surface area contributed by atoms with Crippen LogP contribution in [0.5, 0.6) is 0 Å². The molecule has 0 saturated carbocycles. The summed E-state index contributed by atoms with van der Waals surface area (Å²) in [7, 11) is 0. The van der Waals surface area contributed by atoms with Crippen LogP contribution in [0.2, 0.25) is 0 Å². The molecule has 126 valence electrons. The fourth-order valence-corrected chi connectivity index (χ4v) is 2.98. The average molecular weight is 444 g/mol. The third kappa shape index (κ3) is 7.78.